The van der Waals surface area contributed by atoms with Gasteiger partial charge in [-0.05, 0) is 61.3 Å². The van der Waals surface area contributed by atoms with Gasteiger partial charge in [0.05, 0.1) is 18.6 Å². The lowest BCUT2D eigenvalue weighted by Gasteiger charge is -2.37. The largest absolute Gasteiger partial charge is 0.497 e. The van der Waals surface area contributed by atoms with Crippen LogP contribution in [0.5, 0.6) is 5.75 Å². The SMILES string of the molecule is CCN(CC)C(CNC(=O)C1(c2ccc(Br)cc2)CCOCC1)c1cccc(OC)c1. The number of carbonyl (C=O) groups excluding carboxylic acids is 1. The number of halogens is 1. The molecule has 1 aliphatic heterocycles. The standard InChI is InChI=1S/C25H33BrN2O3/c1-4-28(5-2)23(19-7-6-8-22(17-19)30-3)18-27-24(29)25(13-15-31-16-14-25)20-9-11-21(26)12-10-20/h6-12,17,23H,4-5,13-16,18H2,1-3H3,(H,27,29). The monoisotopic (exact) mass is 488 g/mol. The Bertz CT molecular complexity index is 846. The molecular weight excluding hydrogens is 456 g/mol. The summed E-state index contributed by atoms with van der Waals surface area (Å²) in [4.78, 5) is 16.0. The van der Waals surface area contributed by atoms with Crippen LogP contribution < -0.4 is 10.1 Å². The Morgan fingerprint density at radius 2 is 1.84 bits per heavy atom. The van der Waals surface area contributed by atoms with Crippen molar-refractivity contribution in [1.82, 2.24) is 10.2 Å². The number of nitrogens with one attached hydrogen (secondary N) is 1. The second kappa shape index (κ2) is 11.1. The molecule has 1 saturated heterocycles. The number of likely N-dealkylation sites (N-methyl/N-ethyl adjacent to an activating group) is 1. The highest BCUT2D eigenvalue weighted by Gasteiger charge is 2.41. The van der Waals surface area contributed by atoms with Crippen molar-refractivity contribution in [2.45, 2.75) is 38.1 Å². The Kier molecular flexibility index (Phi) is 8.52. The van der Waals surface area contributed by atoms with Gasteiger partial charge in [0.2, 0.25) is 5.91 Å². The Morgan fingerprint density at radius 1 is 1.16 bits per heavy atom. The number of methoxy groups -OCH3 is 1. The number of rotatable bonds is 9. The van der Waals surface area contributed by atoms with E-state index in [0.717, 1.165) is 34.4 Å². The molecule has 1 heterocycles. The summed E-state index contributed by atoms with van der Waals surface area (Å²) in [5, 5.41) is 3.30. The van der Waals surface area contributed by atoms with Crippen molar-refractivity contribution in [3.05, 3.63) is 64.1 Å². The molecule has 0 spiro atoms. The first kappa shape index (κ1) is 23.8. The van der Waals surface area contributed by atoms with Crippen LogP contribution in [-0.4, -0.2) is 50.8 Å². The lowest BCUT2D eigenvalue weighted by Crippen LogP contribution is -2.50. The number of hydrogen-bond acceptors (Lipinski definition) is 4. The zero-order chi connectivity index (χ0) is 22.3. The number of nitrogens with zero attached hydrogens (tertiary/aromatic N) is 1. The van der Waals surface area contributed by atoms with Crippen LogP contribution in [0.15, 0.2) is 53.0 Å². The topological polar surface area (TPSA) is 50.8 Å². The summed E-state index contributed by atoms with van der Waals surface area (Å²) in [6, 6.07) is 16.3. The van der Waals surface area contributed by atoms with E-state index in [1.807, 2.05) is 24.3 Å². The molecule has 5 nitrogen and oxygen atoms in total. The molecule has 0 bridgehead atoms. The van der Waals surface area contributed by atoms with Crippen molar-refractivity contribution in [3.8, 4) is 5.75 Å². The molecule has 0 aliphatic carbocycles. The molecule has 0 saturated carbocycles. The fraction of sp³-hybridized carbons (Fsp3) is 0.480. The van der Waals surface area contributed by atoms with Gasteiger partial charge in [-0.2, -0.15) is 0 Å². The minimum absolute atomic E-state index is 0.0795. The Labute approximate surface area is 194 Å². The van der Waals surface area contributed by atoms with Crippen molar-refractivity contribution in [1.29, 1.82) is 0 Å². The van der Waals surface area contributed by atoms with Crippen molar-refractivity contribution < 1.29 is 14.3 Å². The van der Waals surface area contributed by atoms with Gasteiger partial charge in [-0.25, -0.2) is 0 Å². The number of benzene rings is 2. The van der Waals surface area contributed by atoms with Gasteiger partial charge in [0.25, 0.3) is 0 Å². The molecule has 0 radical (unpaired) electrons. The average molecular weight is 489 g/mol. The van der Waals surface area contributed by atoms with E-state index < -0.39 is 5.41 Å². The van der Waals surface area contributed by atoms with Crippen LogP contribution in [0.4, 0.5) is 0 Å². The van der Waals surface area contributed by atoms with E-state index in [1.165, 1.54) is 0 Å². The number of amides is 1. The van der Waals surface area contributed by atoms with Gasteiger partial charge in [0, 0.05) is 24.2 Å². The van der Waals surface area contributed by atoms with Crippen LogP contribution in [0.3, 0.4) is 0 Å². The quantitative estimate of drug-likeness (QED) is 0.555. The highest BCUT2D eigenvalue weighted by Crippen LogP contribution is 2.36. The minimum Gasteiger partial charge on any atom is -0.497 e. The first-order chi connectivity index (χ1) is 15.0. The van der Waals surface area contributed by atoms with Crippen molar-refractivity contribution >= 4 is 21.8 Å². The first-order valence-electron chi connectivity index (χ1n) is 11.0. The van der Waals surface area contributed by atoms with E-state index in [0.29, 0.717) is 32.6 Å². The van der Waals surface area contributed by atoms with E-state index >= 15 is 0 Å². The van der Waals surface area contributed by atoms with Gasteiger partial charge in [-0.15, -0.1) is 0 Å². The average Bonchev–Trinajstić information content (AvgIpc) is 2.82. The van der Waals surface area contributed by atoms with E-state index in [2.05, 4.69) is 64.3 Å². The third-order valence-electron chi connectivity index (χ3n) is 6.37. The molecule has 31 heavy (non-hydrogen) atoms. The molecule has 0 aromatic heterocycles. The molecule has 1 N–H and O–H groups in total. The molecule has 3 rings (SSSR count). The summed E-state index contributed by atoms with van der Waals surface area (Å²) < 4.78 is 12.0. The molecule has 6 heteroatoms. The predicted octanol–water partition coefficient (Wildman–Crippen LogP) is 4.71. The van der Waals surface area contributed by atoms with E-state index in [1.54, 1.807) is 7.11 Å². The van der Waals surface area contributed by atoms with E-state index in [9.17, 15) is 4.79 Å². The van der Waals surface area contributed by atoms with Crippen LogP contribution in [0, 0.1) is 0 Å². The fourth-order valence-corrected chi connectivity index (χ4v) is 4.73. The Morgan fingerprint density at radius 3 is 2.45 bits per heavy atom. The number of hydrogen-bond donors (Lipinski definition) is 1. The zero-order valence-electron chi connectivity index (χ0n) is 18.7. The molecule has 2 aromatic rings. The molecule has 1 unspecified atom stereocenters. The van der Waals surface area contributed by atoms with Crippen LogP contribution in [0.25, 0.3) is 0 Å². The van der Waals surface area contributed by atoms with Gasteiger partial charge in [-0.3, -0.25) is 9.69 Å². The van der Waals surface area contributed by atoms with Gasteiger partial charge < -0.3 is 14.8 Å². The van der Waals surface area contributed by atoms with Crippen molar-refractivity contribution in [3.63, 3.8) is 0 Å². The second-order valence-electron chi connectivity index (χ2n) is 7.93. The maximum atomic E-state index is 13.6. The predicted molar refractivity (Wildman–Crippen MR) is 128 cm³/mol. The molecule has 1 aliphatic rings. The van der Waals surface area contributed by atoms with Crippen LogP contribution >= 0.6 is 15.9 Å². The van der Waals surface area contributed by atoms with Gasteiger partial charge in [-0.1, -0.05) is 54.0 Å². The summed E-state index contributed by atoms with van der Waals surface area (Å²) in [6.07, 6.45) is 1.38. The summed E-state index contributed by atoms with van der Waals surface area (Å²) in [6.45, 7) is 7.85. The summed E-state index contributed by atoms with van der Waals surface area (Å²) in [7, 11) is 1.68. The van der Waals surface area contributed by atoms with Crippen molar-refractivity contribution in [2.24, 2.45) is 0 Å². The van der Waals surface area contributed by atoms with Crippen LogP contribution in [-0.2, 0) is 14.9 Å². The normalized spacial score (nSPS) is 16.7. The van der Waals surface area contributed by atoms with Gasteiger partial charge in [0.15, 0.2) is 0 Å². The number of ether oxygens (including phenoxy) is 2. The third kappa shape index (κ3) is 5.48. The van der Waals surface area contributed by atoms with E-state index in [-0.39, 0.29) is 11.9 Å². The molecular formula is C25H33BrN2O3. The summed E-state index contributed by atoms with van der Waals surface area (Å²) in [5.74, 6) is 0.912. The second-order valence-corrected chi connectivity index (χ2v) is 8.84. The minimum atomic E-state index is -0.554. The molecule has 2 aromatic carbocycles. The highest BCUT2D eigenvalue weighted by molar-refractivity contribution is 9.10. The molecule has 1 atom stereocenters. The maximum absolute atomic E-state index is 13.6. The molecule has 168 valence electrons. The molecule has 1 fully saturated rings. The lowest BCUT2D eigenvalue weighted by atomic mass is 9.73. The zero-order valence-corrected chi connectivity index (χ0v) is 20.3. The Hall–Kier alpha value is -1.89. The van der Waals surface area contributed by atoms with E-state index in [4.69, 9.17) is 9.47 Å². The first-order valence-corrected chi connectivity index (χ1v) is 11.8. The smallest absolute Gasteiger partial charge is 0.230 e. The number of carbonyl (C=O) groups is 1. The van der Waals surface area contributed by atoms with Crippen LogP contribution in [0.2, 0.25) is 0 Å². The Balaban J connectivity index is 1.84. The van der Waals surface area contributed by atoms with Gasteiger partial charge >= 0.3 is 0 Å². The highest BCUT2D eigenvalue weighted by atomic mass is 79.9. The fourth-order valence-electron chi connectivity index (χ4n) is 4.47. The summed E-state index contributed by atoms with van der Waals surface area (Å²) >= 11 is 3.50. The lowest BCUT2D eigenvalue weighted by molar-refractivity contribution is -0.130. The third-order valence-corrected chi connectivity index (χ3v) is 6.89. The van der Waals surface area contributed by atoms with Crippen molar-refractivity contribution in [2.75, 3.05) is 40.0 Å². The maximum Gasteiger partial charge on any atom is 0.230 e. The van der Waals surface area contributed by atoms with Gasteiger partial charge in [0.1, 0.15) is 5.75 Å². The van der Waals surface area contributed by atoms with Crippen LogP contribution in [0.1, 0.15) is 43.9 Å². The molecule has 1 amide bonds. The summed E-state index contributed by atoms with van der Waals surface area (Å²) in [5.41, 5.74) is 1.64.